The normalized spacial score (nSPS) is 15.9. The monoisotopic (exact) mass is 401 g/mol. The maximum absolute atomic E-state index is 13.0. The van der Waals surface area contributed by atoms with Crippen LogP contribution in [0.4, 0.5) is 5.69 Å². The molecule has 0 saturated carbocycles. The molecule has 1 fully saturated rings. The summed E-state index contributed by atoms with van der Waals surface area (Å²) in [5.41, 5.74) is 0.984. The Balaban J connectivity index is 1.47. The zero-order chi connectivity index (χ0) is 19.0. The van der Waals surface area contributed by atoms with Crippen LogP contribution in [-0.4, -0.2) is 40.9 Å². The van der Waals surface area contributed by atoms with E-state index in [9.17, 15) is 9.59 Å². The number of carbonyl (C=O) groups is 1. The van der Waals surface area contributed by atoms with Crippen LogP contribution in [0.25, 0.3) is 10.1 Å². The number of aromatic nitrogens is 1. The number of fused-ring (bicyclic) bond motifs is 1. The Kier molecular flexibility index (Phi) is 4.93. The maximum Gasteiger partial charge on any atom is 0.269 e. The number of piperazine rings is 1. The van der Waals surface area contributed by atoms with Crippen molar-refractivity contribution in [2.24, 2.45) is 0 Å². The van der Waals surface area contributed by atoms with Gasteiger partial charge in [-0.2, -0.15) is 0 Å². The first kappa shape index (κ1) is 18.1. The Labute approximate surface area is 166 Å². The first-order chi connectivity index (χ1) is 13.0. The highest BCUT2D eigenvalue weighted by Crippen LogP contribution is 2.23. The number of carbonyl (C=O) groups excluding carboxylic acids is 1. The highest BCUT2D eigenvalue weighted by molar-refractivity contribution is 7.14. The third-order valence-corrected chi connectivity index (χ3v) is 6.45. The van der Waals surface area contributed by atoms with E-state index in [1.54, 1.807) is 3.96 Å². The molecule has 0 unspecified atom stereocenters. The number of hydrogen-bond donors (Lipinski definition) is 0. The zero-order valence-corrected chi connectivity index (χ0v) is 16.5. The summed E-state index contributed by atoms with van der Waals surface area (Å²) in [6, 6.07) is 14.8. The van der Waals surface area contributed by atoms with Gasteiger partial charge in [0.25, 0.3) is 5.56 Å². The molecule has 1 aliphatic rings. The number of halogens is 1. The minimum absolute atomic E-state index is 0.00518. The van der Waals surface area contributed by atoms with Crippen LogP contribution in [0.5, 0.6) is 0 Å². The summed E-state index contributed by atoms with van der Waals surface area (Å²) in [6.45, 7) is 4.58. The topological polar surface area (TPSA) is 45.6 Å². The van der Waals surface area contributed by atoms with Gasteiger partial charge in [0.1, 0.15) is 6.04 Å². The van der Waals surface area contributed by atoms with Gasteiger partial charge in [-0.15, -0.1) is 0 Å². The number of rotatable bonds is 3. The maximum atomic E-state index is 13.0. The lowest BCUT2D eigenvalue weighted by Gasteiger charge is -2.37. The lowest BCUT2D eigenvalue weighted by molar-refractivity contribution is -0.134. The second kappa shape index (κ2) is 7.37. The molecular weight excluding hydrogens is 382 g/mol. The van der Waals surface area contributed by atoms with E-state index in [1.165, 1.54) is 11.5 Å². The van der Waals surface area contributed by atoms with Crippen molar-refractivity contribution in [2.45, 2.75) is 13.0 Å². The summed E-state index contributed by atoms with van der Waals surface area (Å²) >= 11 is 7.43. The molecule has 0 radical (unpaired) electrons. The molecule has 0 aliphatic carbocycles. The largest absolute Gasteiger partial charge is 0.368 e. The van der Waals surface area contributed by atoms with E-state index < -0.39 is 6.04 Å². The van der Waals surface area contributed by atoms with Crippen LogP contribution in [0.2, 0.25) is 5.02 Å². The van der Waals surface area contributed by atoms with Crippen molar-refractivity contribution in [3.05, 3.63) is 63.9 Å². The van der Waals surface area contributed by atoms with Gasteiger partial charge in [-0.1, -0.05) is 41.3 Å². The first-order valence-electron chi connectivity index (χ1n) is 8.94. The molecule has 27 heavy (non-hydrogen) atoms. The molecule has 2 aromatic carbocycles. The smallest absolute Gasteiger partial charge is 0.269 e. The minimum Gasteiger partial charge on any atom is -0.368 e. The average molecular weight is 402 g/mol. The van der Waals surface area contributed by atoms with Gasteiger partial charge >= 0.3 is 0 Å². The molecule has 5 nitrogen and oxygen atoms in total. The summed E-state index contributed by atoms with van der Waals surface area (Å²) in [6.07, 6.45) is 0. The predicted octanol–water partition coefficient (Wildman–Crippen LogP) is 3.63. The molecule has 1 saturated heterocycles. The molecule has 0 spiro atoms. The molecule has 2 heterocycles. The molecule has 0 bridgehead atoms. The molecule has 1 aliphatic heterocycles. The summed E-state index contributed by atoms with van der Waals surface area (Å²) in [5.74, 6) is -0.00518. The van der Waals surface area contributed by atoms with Crippen molar-refractivity contribution in [2.75, 3.05) is 31.1 Å². The Bertz CT molecular complexity index is 1040. The Morgan fingerprint density at radius 2 is 1.81 bits per heavy atom. The summed E-state index contributed by atoms with van der Waals surface area (Å²) in [7, 11) is 0. The van der Waals surface area contributed by atoms with Crippen LogP contribution in [-0.2, 0) is 4.79 Å². The van der Waals surface area contributed by atoms with E-state index in [-0.39, 0.29) is 11.5 Å². The number of anilines is 1. The summed E-state index contributed by atoms with van der Waals surface area (Å²) < 4.78 is 2.50. The van der Waals surface area contributed by atoms with Gasteiger partial charge in [-0.25, -0.2) is 0 Å². The molecule has 3 aromatic rings. The first-order valence-corrected chi connectivity index (χ1v) is 10.1. The average Bonchev–Trinajstić information content (AvgIpc) is 3.04. The van der Waals surface area contributed by atoms with Gasteiger partial charge in [-0.3, -0.25) is 13.5 Å². The molecule has 7 heteroatoms. The number of hydrogen-bond acceptors (Lipinski definition) is 4. The van der Waals surface area contributed by atoms with Crippen LogP contribution in [0.1, 0.15) is 13.0 Å². The summed E-state index contributed by atoms with van der Waals surface area (Å²) in [5, 5.41) is 1.39. The SMILES string of the molecule is C[C@@H](C(=O)N1CCN(c2cccc(Cl)c2)CC1)n1sc2ccccc2c1=O. The van der Waals surface area contributed by atoms with Crippen molar-refractivity contribution < 1.29 is 4.79 Å². The highest BCUT2D eigenvalue weighted by atomic mass is 35.5. The van der Waals surface area contributed by atoms with E-state index in [4.69, 9.17) is 11.6 Å². The van der Waals surface area contributed by atoms with Crippen molar-refractivity contribution in [3.63, 3.8) is 0 Å². The van der Waals surface area contributed by atoms with Crippen LogP contribution < -0.4 is 10.5 Å². The van der Waals surface area contributed by atoms with Crippen LogP contribution in [0, 0.1) is 0 Å². The number of nitrogens with zero attached hydrogens (tertiary/aromatic N) is 3. The van der Waals surface area contributed by atoms with Gasteiger partial charge in [-0.05, 0) is 37.3 Å². The number of benzene rings is 2. The standard InChI is InChI=1S/C20H20ClN3O2S/c1-14(24-20(26)17-7-2-3-8-18(17)27-24)19(25)23-11-9-22(10-12-23)16-6-4-5-15(21)13-16/h2-8,13-14H,9-12H2,1H3/t14-/m0/s1. The molecule has 1 atom stereocenters. The fraction of sp³-hybridized carbons (Fsp3) is 0.300. The van der Waals surface area contributed by atoms with Crippen LogP contribution in [0.3, 0.4) is 0 Å². The molecular formula is C20H20ClN3O2S. The number of amides is 1. The third kappa shape index (κ3) is 3.47. The predicted molar refractivity (Wildman–Crippen MR) is 111 cm³/mol. The van der Waals surface area contributed by atoms with E-state index in [1.807, 2.05) is 60.4 Å². The molecule has 140 valence electrons. The summed E-state index contributed by atoms with van der Waals surface area (Å²) in [4.78, 5) is 29.6. The fourth-order valence-corrected chi connectivity index (χ4v) is 4.69. The van der Waals surface area contributed by atoms with Crippen LogP contribution >= 0.6 is 23.1 Å². The molecule has 1 amide bonds. The van der Waals surface area contributed by atoms with Gasteiger partial charge in [0.2, 0.25) is 5.91 Å². The second-order valence-corrected chi connectivity index (χ2v) is 8.14. The molecule has 1 aromatic heterocycles. The second-order valence-electron chi connectivity index (χ2n) is 6.69. The van der Waals surface area contributed by atoms with Crippen molar-refractivity contribution in [3.8, 4) is 0 Å². The Morgan fingerprint density at radius 3 is 2.52 bits per heavy atom. The van der Waals surface area contributed by atoms with E-state index in [2.05, 4.69) is 4.90 Å². The van der Waals surface area contributed by atoms with Crippen molar-refractivity contribution >= 4 is 44.8 Å². The van der Waals surface area contributed by atoms with Crippen molar-refractivity contribution in [1.29, 1.82) is 0 Å². The van der Waals surface area contributed by atoms with Gasteiger partial charge < -0.3 is 9.80 Å². The molecule has 4 rings (SSSR count). The van der Waals surface area contributed by atoms with E-state index in [0.29, 0.717) is 23.5 Å². The molecule has 0 N–H and O–H groups in total. The van der Waals surface area contributed by atoms with Gasteiger partial charge in [0, 0.05) is 36.9 Å². The fourth-order valence-electron chi connectivity index (χ4n) is 3.47. The van der Waals surface area contributed by atoms with E-state index >= 15 is 0 Å². The highest BCUT2D eigenvalue weighted by Gasteiger charge is 2.27. The zero-order valence-electron chi connectivity index (χ0n) is 15.0. The van der Waals surface area contributed by atoms with Crippen LogP contribution in [0.15, 0.2) is 53.3 Å². The van der Waals surface area contributed by atoms with Gasteiger partial charge in [0.15, 0.2) is 0 Å². The quantitative estimate of drug-likeness (QED) is 0.673. The Morgan fingerprint density at radius 1 is 1.07 bits per heavy atom. The van der Waals surface area contributed by atoms with Gasteiger partial charge in [0.05, 0.1) is 10.1 Å². The third-order valence-electron chi connectivity index (χ3n) is 4.99. The lowest BCUT2D eigenvalue weighted by atomic mass is 10.2. The van der Waals surface area contributed by atoms with E-state index in [0.717, 1.165) is 23.5 Å². The lowest BCUT2D eigenvalue weighted by Crippen LogP contribution is -2.50. The van der Waals surface area contributed by atoms with Crippen molar-refractivity contribution in [1.82, 2.24) is 8.86 Å². The minimum atomic E-state index is -0.493. The Hall–Kier alpha value is -2.31.